The van der Waals surface area contributed by atoms with Crippen LogP contribution in [0.4, 0.5) is 5.82 Å². The predicted octanol–water partition coefficient (Wildman–Crippen LogP) is 2.62. The number of Topliss-reactive ketones (excluding diaryl/α,β-unsaturated/α-hetero) is 1. The van der Waals surface area contributed by atoms with Crippen LogP contribution in [0.2, 0.25) is 0 Å². The lowest BCUT2D eigenvalue weighted by Crippen LogP contribution is -2.35. The van der Waals surface area contributed by atoms with Crippen molar-refractivity contribution in [2.75, 3.05) is 32.1 Å². The number of nitrogens with one attached hydrogen (secondary N) is 1. The molecule has 0 bridgehead atoms. The van der Waals surface area contributed by atoms with Crippen LogP contribution < -0.4 is 9.64 Å². The molecule has 1 fully saturated rings. The summed E-state index contributed by atoms with van der Waals surface area (Å²) in [5.41, 5.74) is 3.14. The van der Waals surface area contributed by atoms with E-state index in [-0.39, 0.29) is 30.1 Å². The first-order chi connectivity index (χ1) is 16.0. The Morgan fingerprint density at radius 1 is 1.24 bits per heavy atom. The van der Waals surface area contributed by atoms with Crippen molar-refractivity contribution in [2.24, 2.45) is 5.92 Å². The molecule has 1 aromatic carbocycles. The van der Waals surface area contributed by atoms with Crippen LogP contribution in [0.5, 0.6) is 5.75 Å². The summed E-state index contributed by atoms with van der Waals surface area (Å²) < 4.78 is 6.30. The first-order valence-corrected chi connectivity index (χ1v) is 11.4. The minimum atomic E-state index is -0.262. The van der Waals surface area contributed by atoms with Crippen LogP contribution >= 0.6 is 0 Å². The number of anilines is 1. The van der Waals surface area contributed by atoms with Gasteiger partial charge in [-0.05, 0) is 31.7 Å². The SMILES string of the molecule is CN(C)C(=O)C[C@H]1CCc2c(OC[C@H]3CCCN3c3ncnc4nc[nH]c34)cccc2C1=O. The van der Waals surface area contributed by atoms with Gasteiger partial charge in [0.1, 0.15) is 24.2 Å². The van der Waals surface area contributed by atoms with Crippen molar-refractivity contribution in [3.8, 4) is 5.75 Å². The number of ketones is 1. The fourth-order valence-electron chi connectivity index (χ4n) is 4.89. The predicted molar refractivity (Wildman–Crippen MR) is 123 cm³/mol. The fraction of sp³-hybridized carbons (Fsp3) is 0.458. The Labute approximate surface area is 192 Å². The molecule has 2 atom stereocenters. The van der Waals surface area contributed by atoms with Crippen LogP contribution in [0.15, 0.2) is 30.9 Å². The average Bonchev–Trinajstić information content (AvgIpc) is 3.48. The second-order valence-corrected chi connectivity index (χ2v) is 8.97. The van der Waals surface area contributed by atoms with Crippen molar-refractivity contribution in [3.63, 3.8) is 0 Å². The summed E-state index contributed by atoms with van der Waals surface area (Å²) in [5, 5.41) is 0. The van der Waals surface area contributed by atoms with E-state index in [4.69, 9.17) is 4.74 Å². The zero-order valence-electron chi connectivity index (χ0n) is 19.0. The smallest absolute Gasteiger partial charge is 0.222 e. The Morgan fingerprint density at radius 3 is 2.97 bits per heavy atom. The van der Waals surface area contributed by atoms with Crippen LogP contribution in [-0.4, -0.2) is 69.8 Å². The van der Waals surface area contributed by atoms with E-state index in [0.717, 1.165) is 48.5 Å². The Kier molecular flexibility index (Phi) is 5.70. The molecule has 1 amide bonds. The fourth-order valence-corrected chi connectivity index (χ4v) is 4.89. The van der Waals surface area contributed by atoms with E-state index < -0.39 is 0 Å². The normalized spacial score (nSPS) is 20.2. The lowest BCUT2D eigenvalue weighted by atomic mass is 9.80. The number of carbonyl (C=O) groups excluding carboxylic acids is 2. The number of aromatic nitrogens is 4. The summed E-state index contributed by atoms with van der Waals surface area (Å²) >= 11 is 0. The summed E-state index contributed by atoms with van der Waals surface area (Å²) in [5.74, 6) is 1.38. The van der Waals surface area contributed by atoms with Gasteiger partial charge in [-0.2, -0.15) is 0 Å². The van der Waals surface area contributed by atoms with Crippen LogP contribution in [-0.2, 0) is 11.2 Å². The van der Waals surface area contributed by atoms with Crippen molar-refractivity contribution < 1.29 is 14.3 Å². The van der Waals surface area contributed by atoms with Gasteiger partial charge in [0, 0.05) is 44.1 Å². The molecule has 0 spiro atoms. The number of fused-ring (bicyclic) bond motifs is 2. The van der Waals surface area contributed by atoms with Crippen LogP contribution in [0, 0.1) is 5.92 Å². The summed E-state index contributed by atoms with van der Waals surface area (Å²) in [6.45, 7) is 1.40. The van der Waals surface area contributed by atoms with Gasteiger partial charge in [-0.15, -0.1) is 0 Å². The Morgan fingerprint density at radius 2 is 2.12 bits per heavy atom. The molecule has 3 aromatic rings. The Hall–Kier alpha value is -3.49. The summed E-state index contributed by atoms with van der Waals surface area (Å²) in [7, 11) is 3.45. The number of benzene rings is 1. The van der Waals surface area contributed by atoms with E-state index in [0.29, 0.717) is 24.2 Å². The minimum Gasteiger partial charge on any atom is -0.491 e. The van der Waals surface area contributed by atoms with Crippen LogP contribution in [0.25, 0.3) is 11.2 Å². The largest absolute Gasteiger partial charge is 0.491 e. The third kappa shape index (κ3) is 4.03. The molecule has 3 heterocycles. The summed E-state index contributed by atoms with van der Waals surface area (Å²) in [6.07, 6.45) is 6.90. The van der Waals surface area contributed by atoms with Gasteiger partial charge in [0.05, 0.1) is 12.4 Å². The van der Waals surface area contributed by atoms with E-state index in [1.54, 1.807) is 31.6 Å². The molecule has 5 rings (SSSR count). The molecule has 33 heavy (non-hydrogen) atoms. The molecule has 9 heteroatoms. The number of H-pyrrole nitrogens is 1. The maximum absolute atomic E-state index is 13.1. The molecule has 9 nitrogen and oxygen atoms in total. The van der Waals surface area contributed by atoms with Crippen LogP contribution in [0.1, 0.15) is 41.6 Å². The number of amides is 1. The molecule has 1 aliphatic carbocycles. The van der Waals surface area contributed by atoms with Crippen molar-refractivity contribution in [1.29, 1.82) is 0 Å². The zero-order chi connectivity index (χ0) is 22.9. The summed E-state index contributed by atoms with van der Waals surface area (Å²) in [4.78, 5) is 45.1. The van der Waals surface area contributed by atoms with Crippen LogP contribution in [0.3, 0.4) is 0 Å². The van der Waals surface area contributed by atoms with E-state index in [1.165, 1.54) is 0 Å². The number of rotatable bonds is 6. The monoisotopic (exact) mass is 448 g/mol. The zero-order valence-corrected chi connectivity index (χ0v) is 19.0. The van der Waals surface area contributed by atoms with Crippen molar-refractivity contribution in [2.45, 2.75) is 38.1 Å². The molecule has 0 unspecified atom stereocenters. The van der Waals surface area contributed by atoms with E-state index in [9.17, 15) is 9.59 Å². The van der Waals surface area contributed by atoms with Crippen molar-refractivity contribution in [1.82, 2.24) is 24.8 Å². The highest BCUT2D eigenvalue weighted by Gasteiger charge is 2.32. The van der Waals surface area contributed by atoms with Gasteiger partial charge in [0.25, 0.3) is 0 Å². The highest BCUT2D eigenvalue weighted by atomic mass is 16.5. The highest BCUT2D eigenvalue weighted by Crippen LogP contribution is 2.35. The van der Waals surface area contributed by atoms with E-state index >= 15 is 0 Å². The second-order valence-electron chi connectivity index (χ2n) is 8.97. The molecule has 2 aliphatic rings. The molecule has 0 radical (unpaired) electrons. The minimum absolute atomic E-state index is 0.0124. The molecule has 1 aliphatic heterocycles. The van der Waals surface area contributed by atoms with E-state index in [1.807, 2.05) is 18.2 Å². The molecule has 1 saturated heterocycles. The third-order valence-electron chi connectivity index (χ3n) is 6.72. The highest BCUT2D eigenvalue weighted by molar-refractivity contribution is 6.02. The number of ether oxygens (including phenoxy) is 1. The maximum Gasteiger partial charge on any atom is 0.222 e. The lowest BCUT2D eigenvalue weighted by Gasteiger charge is -2.28. The van der Waals surface area contributed by atoms with Crippen molar-refractivity contribution in [3.05, 3.63) is 42.0 Å². The van der Waals surface area contributed by atoms with Gasteiger partial charge in [0.15, 0.2) is 17.2 Å². The van der Waals surface area contributed by atoms with Gasteiger partial charge in [-0.25, -0.2) is 15.0 Å². The van der Waals surface area contributed by atoms with Gasteiger partial charge in [-0.1, -0.05) is 12.1 Å². The van der Waals surface area contributed by atoms with Crippen molar-refractivity contribution >= 4 is 28.7 Å². The lowest BCUT2D eigenvalue weighted by molar-refractivity contribution is -0.129. The quantitative estimate of drug-likeness (QED) is 0.618. The number of carbonyl (C=O) groups is 2. The molecular formula is C24H28N6O3. The van der Waals surface area contributed by atoms with Gasteiger partial charge in [0.2, 0.25) is 5.91 Å². The summed E-state index contributed by atoms with van der Waals surface area (Å²) in [6, 6.07) is 5.84. The maximum atomic E-state index is 13.1. The first kappa shape index (κ1) is 21.4. The Balaban J connectivity index is 1.31. The molecule has 1 N–H and O–H groups in total. The number of nitrogens with zero attached hydrogens (tertiary/aromatic N) is 5. The molecular weight excluding hydrogens is 420 g/mol. The van der Waals surface area contributed by atoms with E-state index in [2.05, 4.69) is 24.8 Å². The molecule has 172 valence electrons. The number of aromatic amines is 1. The third-order valence-corrected chi connectivity index (χ3v) is 6.72. The first-order valence-electron chi connectivity index (χ1n) is 11.4. The van der Waals surface area contributed by atoms with Gasteiger partial charge >= 0.3 is 0 Å². The number of hydrogen-bond donors (Lipinski definition) is 1. The second kappa shape index (κ2) is 8.80. The number of imidazole rings is 1. The Bertz CT molecular complexity index is 1190. The van der Waals surface area contributed by atoms with Gasteiger partial charge < -0.3 is 19.5 Å². The average molecular weight is 449 g/mol. The topological polar surface area (TPSA) is 104 Å². The van der Waals surface area contributed by atoms with Gasteiger partial charge in [-0.3, -0.25) is 9.59 Å². The number of hydrogen-bond acceptors (Lipinski definition) is 7. The molecule has 0 saturated carbocycles. The standard InChI is InChI=1S/C24H28N6O3/c1-29(2)20(31)11-15-8-9-17-18(22(15)32)6-3-7-19(17)33-12-16-5-4-10-30(16)24-21-23(26-13-25-21)27-14-28-24/h3,6-7,13-16H,4-5,8-12H2,1-2H3,(H,25,26,27,28)/t15-,16-/m1/s1. The molecule has 2 aromatic heterocycles.